The van der Waals surface area contributed by atoms with Gasteiger partial charge in [-0.3, -0.25) is 0 Å². The standard InChI is InChI=1S/C9H16Si/c1-8(10(2)3)9-6-4-5-7-9/h4,6-8,10H,5H2,1-3H3. The van der Waals surface area contributed by atoms with Crippen LogP contribution in [0.5, 0.6) is 0 Å². The average molecular weight is 152 g/mol. The Morgan fingerprint density at radius 3 is 2.60 bits per heavy atom. The molecule has 1 rings (SSSR count). The lowest BCUT2D eigenvalue weighted by atomic mass is 10.2. The first-order chi connectivity index (χ1) is 4.72. The fourth-order valence-corrected chi connectivity index (χ4v) is 2.22. The molecular weight excluding hydrogens is 136 g/mol. The third kappa shape index (κ3) is 1.60. The molecule has 1 heteroatoms. The molecule has 0 spiro atoms. The van der Waals surface area contributed by atoms with E-state index in [0.717, 1.165) is 5.54 Å². The highest BCUT2D eigenvalue weighted by molar-refractivity contribution is 6.58. The summed E-state index contributed by atoms with van der Waals surface area (Å²) in [6.45, 7) is 7.19. The fourth-order valence-electron chi connectivity index (χ4n) is 1.20. The Morgan fingerprint density at radius 2 is 2.20 bits per heavy atom. The van der Waals surface area contributed by atoms with Gasteiger partial charge in [-0.15, -0.1) is 0 Å². The van der Waals surface area contributed by atoms with Gasteiger partial charge < -0.3 is 0 Å². The first-order valence-electron chi connectivity index (χ1n) is 4.08. The van der Waals surface area contributed by atoms with E-state index in [1.54, 1.807) is 5.57 Å². The van der Waals surface area contributed by atoms with Crippen LogP contribution < -0.4 is 0 Å². The van der Waals surface area contributed by atoms with E-state index in [9.17, 15) is 0 Å². The molecule has 0 N–H and O–H groups in total. The Bertz CT molecular complexity index is 166. The van der Waals surface area contributed by atoms with E-state index >= 15 is 0 Å². The first-order valence-corrected chi connectivity index (χ1v) is 7.06. The molecule has 0 aromatic carbocycles. The largest absolute Gasteiger partial charge is 0.0805 e. The molecule has 0 fully saturated rings. The molecule has 0 bridgehead atoms. The molecule has 1 unspecified atom stereocenters. The van der Waals surface area contributed by atoms with E-state index in [0.29, 0.717) is 0 Å². The first kappa shape index (κ1) is 7.80. The average Bonchev–Trinajstić information content (AvgIpc) is 2.36. The molecular formula is C9H16Si. The summed E-state index contributed by atoms with van der Waals surface area (Å²) in [7, 11) is -0.437. The second-order valence-corrected chi connectivity index (χ2v) is 6.86. The lowest BCUT2D eigenvalue weighted by Gasteiger charge is -2.13. The van der Waals surface area contributed by atoms with Crippen LogP contribution >= 0.6 is 0 Å². The molecule has 0 saturated carbocycles. The van der Waals surface area contributed by atoms with Crippen molar-refractivity contribution in [2.24, 2.45) is 0 Å². The van der Waals surface area contributed by atoms with Crippen LogP contribution in [0.1, 0.15) is 13.3 Å². The van der Waals surface area contributed by atoms with Gasteiger partial charge in [0, 0.05) is 8.80 Å². The minimum absolute atomic E-state index is 0.437. The molecule has 0 aromatic heterocycles. The Morgan fingerprint density at radius 1 is 1.50 bits per heavy atom. The van der Waals surface area contributed by atoms with Crippen molar-refractivity contribution in [1.29, 1.82) is 0 Å². The molecule has 0 amide bonds. The molecule has 0 aromatic rings. The Kier molecular flexibility index (Phi) is 2.49. The third-order valence-electron chi connectivity index (χ3n) is 2.33. The zero-order valence-corrected chi connectivity index (χ0v) is 8.25. The fraction of sp³-hybridized carbons (Fsp3) is 0.556. The summed E-state index contributed by atoms with van der Waals surface area (Å²) in [4.78, 5) is 0. The summed E-state index contributed by atoms with van der Waals surface area (Å²) < 4.78 is 0. The number of allylic oxidation sites excluding steroid dienone is 4. The minimum Gasteiger partial charge on any atom is -0.0805 e. The van der Waals surface area contributed by atoms with Crippen LogP contribution in [-0.4, -0.2) is 8.80 Å². The smallest absolute Gasteiger partial charge is 0.0384 e. The van der Waals surface area contributed by atoms with Crippen LogP contribution in [-0.2, 0) is 0 Å². The lowest BCUT2D eigenvalue weighted by molar-refractivity contribution is 1.10. The van der Waals surface area contributed by atoms with Crippen molar-refractivity contribution in [3.8, 4) is 0 Å². The SMILES string of the molecule is CC(C1=CCC=C1)[SiH](C)C. The van der Waals surface area contributed by atoms with Crippen LogP contribution in [0, 0.1) is 0 Å². The molecule has 0 saturated heterocycles. The van der Waals surface area contributed by atoms with E-state index < -0.39 is 8.80 Å². The van der Waals surface area contributed by atoms with E-state index in [1.165, 1.54) is 6.42 Å². The number of hydrogen-bond acceptors (Lipinski definition) is 0. The van der Waals surface area contributed by atoms with Crippen molar-refractivity contribution >= 4 is 8.80 Å². The topological polar surface area (TPSA) is 0 Å². The van der Waals surface area contributed by atoms with Gasteiger partial charge in [-0.2, -0.15) is 0 Å². The third-order valence-corrected chi connectivity index (χ3v) is 4.71. The van der Waals surface area contributed by atoms with Gasteiger partial charge in [-0.05, 0) is 12.0 Å². The monoisotopic (exact) mass is 152 g/mol. The molecule has 0 radical (unpaired) electrons. The van der Waals surface area contributed by atoms with Gasteiger partial charge in [-0.25, -0.2) is 0 Å². The molecule has 1 atom stereocenters. The molecule has 0 heterocycles. The Hall–Kier alpha value is -0.303. The summed E-state index contributed by atoms with van der Waals surface area (Å²) in [6, 6.07) is 0. The predicted octanol–water partition coefficient (Wildman–Crippen LogP) is 2.75. The predicted molar refractivity (Wildman–Crippen MR) is 50.1 cm³/mol. The van der Waals surface area contributed by atoms with Crippen molar-refractivity contribution in [2.75, 3.05) is 0 Å². The highest BCUT2D eigenvalue weighted by atomic mass is 28.3. The van der Waals surface area contributed by atoms with Crippen molar-refractivity contribution in [3.63, 3.8) is 0 Å². The van der Waals surface area contributed by atoms with Gasteiger partial charge in [0.05, 0.1) is 0 Å². The van der Waals surface area contributed by atoms with Crippen LogP contribution in [0.3, 0.4) is 0 Å². The van der Waals surface area contributed by atoms with Crippen LogP contribution in [0.4, 0.5) is 0 Å². The summed E-state index contributed by atoms with van der Waals surface area (Å²) in [6.07, 6.45) is 8.07. The molecule has 0 nitrogen and oxygen atoms in total. The maximum Gasteiger partial charge on any atom is 0.0384 e. The lowest BCUT2D eigenvalue weighted by Crippen LogP contribution is -2.09. The van der Waals surface area contributed by atoms with Crippen LogP contribution in [0.15, 0.2) is 23.8 Å². The summed E-state index contributed by atoms with van der Waals surface area (Å²) in [5.74, 6) is 0. The van der Waals surface area contributed by atoms with Gasteiger partial charge in [0.1, 0.15) is 0 Å². The van der Waals surface area contributed by atoms with Gasteiger partial charge in [0.15, 0.2) is 0 Å². The molecule has 0 aliphatic heterocycles. The molecule has 10 heavy (non-hydrogen) atoms. The van der Waals surface area contributed by atoms with Crippen LogP contribution in [0.25, 0.3) is 0 Å². The number of rotatable bonds is 2. The summed E-state index contributed by atoms with van der Waals surface area (Å²) in [5, 5.41) is 0. The van der Waals surface area contributed by atoms with Gasteiger partial charge >= 0.3 is 0 Å². The van der Waals surface area contributed by atoms with Crippen molar-refractivity contribution in [2.45, 2.75) is 32.0 Å². The van der Waals surface area contributed by atoms with E-state index in [-0.39, 0.29) is 0 Å². The van der Waals surface area contributed by atoms with Crippen LogP contribution in [0.2, 0.25) is 18.6 Å². The summed E-state index contributed by atoms with van der Waals surface area (Å²) >= 11 is 0. The Labute approximate surface area is 65.3 Å². The maximum atomic E-state index is 2.41. The maximum absolute atomic E-state index is 2.41. The second-order valence-electron chi connectivity index (χ2n) is 3.37. The molecule has 1 aliphatic carbocycles. The van der Waals surface area contributed by atoms with Crippen molar-refractivity contribution in [3.05, 3.63) is 23.8 Å². The van der Waals surface area contributed by atoms with Gasteiger partial charge in [0.25, 0.3) is 0 Å². The minimum atomic E-state index is -0.437. The zero-order valence-electron chi connectivity index (χ0n) is 7.09. The molecule has 56 valence electrons. The van der Waals surface area contributed by atoms with E-state index in [2.05, 4.69) is 38.2 Å². The van der Waals surface area contributed by atoms with Gasteiger partial charge in [0.2, 0.25) is 0 Å². The van der Waals surface area contributed by atoms with E-state index in [1.807, 2.05) is 0 Å². The normalized spacial score (nSPS) is 19.8. The Balaban J connectivity index is 2.56. The second kappa shape index (κ2) is 3.20. The summed E-state index contributed by atoms with van der Waals surface area (Å²) in [5.41, 5.74) is 2.46. The van der Waals surface area contributed by atoms with E-state index in [4.69, 9.17) is 0 Å². The van der Waals surface area contributed by atoms with Crippen molar-refractivity contribution < 1.29 is 0 Å². The quantitative estimate of drug-likeness (QED) is 0.534. The highest BCUT2D eigenvalue weighted by Crippen LogP contribution is 2.25. The molecule has 1 aliphatic rings. The zero-order chi connectivity index (χ0) is 7.56. The van der Waals surface area contributed by atoms with Gasteiger partial charge in [-0.1, -0.05) is 43.8 Å². The van der Waals surface area contributed by atoms with Crippen molar-refractivity contribution in [1.82, 2.24) is 0 Å². The number of hydrogen-bond donors (Lipinski definition) is 0. The highest BCUT2D eigenvalue weighted by Gasteiger charge is 2.12.